The molecule has 0 aliphatic carbocycles. The van der Waals surface area contributed by atoms with Gasteiger partial charge in [0.15, 0.2) is 139 Å². The van der Waals surface area contributed by atoms with Gasteiger partial charge in [0, 0.05) is 23.3 Å². The van der Waals surface area contributed by atoms with Crippen LogP contribution in [0.25, 0.3) is 11.1 Å². The highest BCUT2D eigenvalue weighted by molar-refractivity contribution is 6.09. The van der Waals surface area contributed by atoms with E-state index in [9.17, 15) is 156 Å². The molecule has 112 heavy (non-hydrogen) atoms. The first-order chi connectivity index (χ1) is 52.6. The maximum atomic E-state index is 15.1. The molecule has 44 heteroatoms. The zero-order valence-electron chi connectivity index (χ0n) is 55.1. The van der Waals surface area contributed by atoms with Gasteiger partial charge in [-0.2, -0.15) is 0 Å². The van der Waals surface area contributed by atoms with E-state index < -0.39 is 322 Å². The first-order valence-electron chi connectivity index (χ1n) is 31.0. The van der Waals surface area contributed by atoms with Crippen LogP contribution in [-0.4, -0.2) is 250 Å². The average molecular weight is 1570 g/mol. The molecule has 2 saturated heterocycles. The number of phenols is 23. The van der Waals surface area contributed by atoms with E-state index in [1.54, 1.807) is 0 Å². The van der Waals surface area contributed by atoms with Crippen molar-refractivity contribution in [3.63, 3.8) is 0 Å². The van der Waals surface area contributed by atoms with Crippen LogP contribution < -0.4 is 4.74 Å². The van der Waals surface area contributed by atoms with Crippen LogP contribution in [0.1, 0.15) is 82.9 Å². The lowest BCUT2D eigenvalue weighted by molar-refractivity contribution is -0.284. The lowest BCUT2D eigenvalue weighted by atomic mass is 9.91. The van der Waals surface area contributed by atoms with E-state index in [4.69, 9.17) is 52.1 Å². The fraction of sp³-hybridized carbons (Fsp3) is 0.176. The van der Waals surface area contributed by atoms with Gasteiger partial charge in [-0.05, 0) is 66.7 Å². The van der Waals surface area contributed by atoms with Gasteiger partial charge in [-0.25, -0.2) is 38.4 Å². The second-order valence-corrected chi connectivity index (χ2v) is 24.0. The number of aliphatic hydroxyl groups is 2. The molecule has 0 radical (unpaired) electrons. The number of aromatic hydroxyl groups is 23. The Balaban J connectivity index is 0.997. The van der Waals surface area contributed by atoms with Gasteiger partial charge in [0.1, 0.15) is 43.2 Å². The molecule has 3 aliphatic heterocycles. The number of phenolic OH excluding ortho intramolecular Hbond substituents is 23. The van der Waals surface area contributed by atoms with E-state index in [-0.39, 0.29) is 18.2 Å². The minimum atomic E-state index is -2.80. The molecule has 0 amide bonds. The summed E-state index contributed by atoms with van der Waals surface area (Å²) in [5.41, 5.74) is -11.4. The van der Waals surface area contributed by atoms with Crippen molar-refractivity contribution in [1.82, 2.24) is 0 Å². The molecule has 8 aromatic carbocycles. The van der Waals surface area contributed by atoms with Gasteiger partial charge in [-0.3, -0.25) is 0 Å². The summed E-state index contributed by atoms with van der Waals surface area (Å²) in [6.07, 6.45) is -26.1. The largest absolute Gasteiger partial charge is 0.504 e. The normalized spacial score (nSPS) is 19.9. The average Bonchev–Trinajstić information content (AvgIpc) is 1.07. The number of ether oxygens (including phenoxy) is 11. The molecule has 11 rings (SSSR count). The summed E-state index contributed by atoms with van der Waals surface area (Å²) in [6.45, 7) is -2.78. The highest BCUT2D eigenvalue weighted by Gasteiger charge is 2.56. The second kappa shape index (κ2) is 29.7. The summed E-state index contributed by atoms with van der Waals surface area (Å²) in [5, 5.41) is 267. The number of hydrogen-bond acceptors (Lipinski definition) is 44. The lowest BCUT2D eigenvalue weighted by Gasteiger charge is -2.43. The van der Waals surface area contributed by atoms with E-state index in [1.165, 1.54) is 0 Å². The fourth-order valence-electron chi connectivity index (χ4n) is 11.1. The molecule has 10 atom stereocenters. The highest BCUT2D eigenvalue weighted by Crippen LogP contribution is 2.56. The molecule has 0 saturated carbocycles. The van der Waals surface area contributed by atoms with Crippen LogP contribution in [0.4, 0.5) is 0 Å². The number of esters is 8. The van der Waals surface area contributed by atoms with Crippen molar-refractivity contribution in [1.29, 1.82) is 0 Å². The van der Waals surface area contributed by atoms with E-state index in [0.29, 0.717) is 60.7 Å². The number of carbonyl (C=O) groups excluding carboxylic acids is 8. The summed E-state index contributed by atoms with van der Waals surface area (Å²) in [6, 6.07) is 5.55. The number of rotatable bonds is 15. The van der Waals surface area contributed by atoms with Crippen molar-refractivity contribution >= 4 is 47.8 Å². The van der Waals surface area contributed by atoms with Crippen molar-refractivity contribution in [2.24, 2.45) is 0 Å². The van der Waals surface area contributed by atoms with E-state index in [0.717, 1.165) is 0 Å². The van der Waals surface area contributed by atoms with Gasteiger partial charge >= 0.3 is 47.8 Å². The smallest absolute Gasteiger partial charge is 0.342 e. The molecule has 0 unspecified atom stereocenters. The molecular weight excluding hydrogens is 1520 g/mol. The van der Waals surface area contributed by atoms with Crippen molar-refractivity contribution in [2.45, 2.75) is 61.4 Å². The monoisotopic (exact) mass is 1570 g/mol. The maximum absolute atomic E-state index is 15.1. The minimum Gasteiger partial charge on any atom is -0.504 e. The fourth-order valence-corrected chi connectivity index (χ4v) is 11.1. The van der Waals surface area contributed by atoms with Crippen LogP contribution in [0.3, 0.4) is 0 Å². The second-order valence-electron chi connectivity index (χ2n) is 24.0. The summed E-state index contributed by atoms with van der Waals surface area (Å²) < 4.78 is 61.1. The molecule has 0 spiro atoms. The van der Waals surface area contributed by atoms with Crippen LogP contribution >= 0.6 is 0 Å². The third-order valence-electron chi connectivity index (χ3n) is 16.8. The Morgan fingerprint density at radius 1 is 0.348 bits per heavy atom. The quantitative estimate of drug-likeness (QED) is 0.0395. The summed E-state index contributed by atoms with van der Waals surface area (Å²) in [4.78, 5) is 114. The van der Waals surface area contributed by atoms with E-state index >= 15 is 9.59 Å². The Bertz CT molecular complexity index is 5160. The van der Waals surface area contributed by atoms with Crippen molar-refractivity contribution in [2.75, 3.05) is 13.2 Å². The van der Waals surface area contributed by atoms with Crippen molar-refractivity contribution in [3.8, 4) is 155 Å². The Morgan fingerprint density at radius 2 is 0.705 bits per heavy atom. The topological polar surface area (TPSA) is 744 Å². The summed E-state index contributed by atoms with van der Waals surface area (Å²) in [5.74, 6) is -48.7. The maximum Gasteiger partial charge on any atom is 0.342 e. The van der Waals surface area contributed by atoms with Crippen LogP contribution in [0.5, 0.6) is 144 Å². The first-order valence-corrected chi connectivity index (χ1v) is 31.0. The first kappa shape index (κ1) is 77.7. The predicted octanol–water partition coefficient (Wildman–Crippen LogP) is 1.79. The summed E-state index contributed by atoms with van der Waals surface area (Å²) in [7, 11) is 0. The zero-order chi connectivity index (χ0) is 82.0. The van der Waals surface area contributed by atoms with Crippen LogP contribution in [0.15, 0.2) is 78.9 Å². The van der Waals surface area contributed by atoms with Crippen molar-refractivity contribution < 1.29 is 218 Å². The molecule has 44 nitrogen and oxygen atoms in total. The molecule has 588 valence electrons. The summed E-state index contributed by atoms with van der Waals surface area (Å²) >= 11 is 0. The van der Waals surface area contributed by atoms with Crippen molar-refractivity contribution in [3.05, 3.63) is 123 Å². The van der Waals surface area contributed by atoms with Gasteiger partial charge in [0.2, 0.25) is 41.7 Å². The molecule has 25 N–H and O–H groups in total. The Hall–Kier alpha value is -15.4. The third kappa shape index (κ3) is 14.5. The molecule has 0 aromatic heterocycles. The van der Waals surface area contributed by atoms with E-state index in [2.05, 4.69) is 0 Å². The number of aliphatic hydroxyl groups excluding tert-OH is 2. The number of hydrogen-bond donors (Lipinski definition) is 25. The zero-order valence-corrected chi connectivity index (χ0v) is 55.1. The Morgan fingerprint density at radius 3 is 1.15 bits per heavy atom. The number of benzene rings is 8. The molecule has 0 bridgehead atoms. The minimum absolute atomic E-state index is 0.190. The predicted molar refractivity (Wildman–Crippen MR) is 346 cm³/mol. The molecule has 2 fully saturated rings. The van der Waals surface area contributed by atoms with Gasteiger partial charge in [-0.1, -0.05) is 0 Å². The van der Waals surface area contributed by atoms with E-state index in [1.807, 2.05) is 0 Å². The number of carbonyl (C=O) groups is 8. The van der Waals surface area contributed by atoms with Crippen LogP contribution in [0, 0.1) is 0 Å². The van der Waals surface area contributed by atoms with Gasteiger partial charge in [0.05, 0.1) is 38.9 Å². The molecule has 8 aromatic rings. The SMILES string of the molecule is O=C(OC[C@H]1O[C@@H](OC(=O)c2cc(O)c(O)c(O)c2)[C@H](OC(=O)c2cc(O)c(O)c(O)c2Oc2cc3c(c(O)c2O)-c2c(cc(O)c(O)c2O)C(=O)O[C@H]2[C@H](OC(=O)c4cc(O)c(O)c(O)c4)[C@@H](OC(=O)c4cc(O)c(O)c(O)c4)[C@H](OC(=O)c4cc(O)c(O)c(O)c4)O[C@@H]2COC3=O)[C@@H](O)[C@@H]1O)c1cc(O)c(O)c(O)c1. The Labute approximate surface area is 617 Å². The molecule has 3 aliphatic rings. The third-order valence-corrected chi connectivity index (χ3v) is 16.8. The molecule has 3 heterocycles. The Kier molecular flexibility index (Phi) is 20.6. The number of fused-ring (bicyclic) bond motifs is 4. The van der Waals surface area contributed by atoms with Crippen LogP contribution in [0.2, 0.25) is 0 Å². The number of cyclic esters (lactones) is 1. The van der Waals surface area contributed by atoms with Gasteiger partial charge < -0.3 is 180 Å². The standard InChI is InChI=1S/C68H52O44/c69-24-1-16(2-25(70)41(24)81)59(94)102-14-37-49(89)53(93)56(67(105-37)111-62(97)19-7-30(75)44(84)31(76)8-19)108-66(101)23-12-35(80)47(87)52(92)54(23)104-36-13-22-40(51(91)48(36)88)39-21(11-34(79)46(86)50(39)90)65(100)107-55-38(15-103-64(22)99)106-68(112-63(98)20-9-32(77)45(85)33(78)10-20)58(110-61(96)18-5-28(73)43(83)29(74)6-18)57(55)109-60(95)17-3-26(71)42(82)27(72)4-17/h1-13,37-38,49,53,55-58,67-93H,14-15H2/t37-,38-,49-,53+,55-,56-,57+,58-,67+,68+/m1/s1. The van der Waals surface area contributed by atoms with Crippen LogP contribution in [-0.2, 0) is 47.4 Å². The molecular formula is C68H52O44. The lowest BCUT2D eigenvalue weighted by Crippen LogP contribution is -2.63. The van der Waals surface area contributed by atoms with Gasteiger partial charge in [0.25, 0.3) is 0 Å². The van der Waals surface area contributed by atoms with Gasteiger partial charge in [-0.15, -0.1) is 0 Å². The highest BCUT2D eigenvalue weighted by atomic mass is 16.8.